The molecule has 1 aliphatic heterocycles. The van der Waals surface area contributed by atoms with Gasteiger partial charge in [0.15, 0.2) is 5.96 Å². The van der Waals surface area contributed by atoms with Crippen LogP contribution < -0.4 is 15.4 Å². The molecule has 0 saturated heterocycles. The van der Waals surface area contributed by atoms with Crippen LogP contribution in [0.3, 0.4) is 0 Å². The number of aryl methyl sites for hydroxylation is 1. The molecule has 1 unspecified atom stereocenters. The van der Waals surface area contributed by atoms with E-state index in [-0.39, 0.29) is 6.04 Å². The van der Waals surface area contributed by atoms with Crippen molar-refractivity contribution < 1.29 is 4.74 Å². The van der Waals surface area contributed by atoms with E-state index in [0.717, 1.165) is 22.7 Å². The van der Waals surface area contributed by atoms with Gasteiger partial charge in [-0.15, -0.1) is 0 Å². The number of aromatic nitrogens is 2. The van der Waals surface area contributed by atoms with E-state index in [1.54, 1.807) is 7.11 Å². The van der Waals surface area contributed by atoms with E-state index < -0.39 is 0 Å². The summed E-state index contributed by atoms with van der Waals surface area (Å²) in [5, 5.41) is 4.32. The second-order valence-electron chi connectivity index (χ2n) is 5.07. The Kier molecular flexibility index (Phi) is 3.29. The zero-order chi connectivity index (χ0) is 15.0. The Morgan fingerprint density at radius 3 is 2.76 bits per heavy atom. The lowest BCUT2D eigenvalue weighted by molar-refractivity contribution is 0.415. The van der Waals surface area contributed by atoms with E-state index in [4.69, 9.17) is 10.5 Å². The quantitative estimate of drug-likeness (QED) is 0.930. The van der Waals surface area contributed by atoms with Crippen molar-refractivity contribution in [2.45, 2.75) is 13.0 Å². The average molecular weight is 285 g/mol. The van der Waals surface area contributed by atoms with Crippen molar-refractivity contribution in [1.82, 2.24) is 9.78 Å². The molecule has 1 atom stereocenters. The Morgan fingerprint density at radius 2 is 2.10 bits per heavy atom. The topological polar surface area (TPSA) is 68.7 Å². The second-order valence-corrected chi connectivity index (χ2v) is 5.07. The fraction of sp³-hybridized carbons (Fsp3) is 0.333. The molecule has 2 heterocycles. The van der Waals surface area contributed by atoms with Gasteiger partial charge in [0.25, 0.3) is 0 Å². The van der Waals surface area contributed by atoms with Gasteiger partial charge in [-0.3, -0.25) is 14.6 Å². The summed E-state index contributed by atoms with van der Waals surface area (Å²) in [5.41, 5.74) is 9.28. The van der Waals surface area contributed by atoms with E-state index >= 15 is 0 Å². The minimum absolute atomic E-state index is 0.0509. The lowest BCUT2D eigenvalue weighted by Crippen LogP contribution is -2.36. The molecular weight excluding hydrogens is 266 g/mol. The highest BCUT2D eigenvalue weighted by atomic mass is 16.5. The van der Waals surface area contributed by atoms with Crippen LogP contribution in [0.2, 0.25) is 0 Å². The van der Waals surface area contributed by atoms with Crippen molar-refractivity contribution in [3.05, 3.63) is 41.7 Å². The highest BCUT2D eigenvalue weighted by Crippen LogP contribution is 2.37. The van der Waals surface area contributed by atoms with Gasteiger partial charge in [-0.05, 0) is 19.1 Å². The van der Waals surface area contributed by atoms with Gasteiger partial charge in [0.2, 0.25) is 0 Å². The first kappa shape index (κ1) is 13.5. The molecule has 0 aliphatic carbocycles. The van der Waals surface area contributed by atoms with Crippen molar-refractivity contribution >= 4 is 11.6 Å². The first-order valence-corrected chi connectivity index (χ1v) is 6.84. The Balaban J connectivity index is 2.06. The van der Waals surface area contributed by atoms with Gasteiger partial charge in [0.1, 0.15) is 5.75 Å². The van der Waals surface area contributed by atoms with Crippen molar-refractivity contribution in [3.8, 4) is 5.75 Å². The molecule has 3 rings (SSSR count). The third kappa shape index (κ3) is 2.12. The predicted molar refractivity (Wildman–Crippen MR) is 82.6 cm³/mol. The minimum Gasteiger partial charge on any atom is -0.495 e. The number of guanidine groups is 1. The number of hydrogen-bond donors (Lipinski definition) is 1. The number of anilines is 1. The fourth-order valence-electron chi connectivity index (χ4n) is 2.70. The third-order valence-corrected chi connectivity index (χ3v) is 3.96. The number of rotatable bonds is 3. The molecule has 1 aliphatic rings. The number of nitrogens with zero attached hydrogens (tertiary/aromatic N) is 4. The van der Waals surface area contributed by atoms with Crippen molar-refractivity contribution in [2.75, 3.05) is 18.6 Å². The van der Waals surface area contributed by atoms with Gasteiger partial charge < -0.3 is 10.5 Å². The molecule has 6 heteroatoms. The minimum atomic E-state index is 0.0509. The maximum absolute atomic E-state index is 6.11. The van der Waals surface area contributed by atoms with E-state index in [2.05, 4.69) is 17.0 Å². The molecule has 1 aromatic carbocycles. The smallest absolute Gasteiger partial charge is 0.196 e. The van der Waals surface area contributed by atoms with E-state index in [1.807, 2.05) is 47.1 Å². The molecule has 1 aromatic heterocycles. The van der Waals surface area contributed by atoms with Gasteiger partial charge >= 0.3 is 0 Å². The van der Waals surface area contributed by atoms with E-state index in [0.29, 0.717) is 12.5 Å². The maximum atomic E-state index is 6.11. The van der Waals surface area contributed by atoms with Gasteiger partial charge in [-0.2, -0.15) is 5.10 Å². The third-order valence-electron chi connectivity index (χ3n) is 3.96. The van der Waals surface area contributed by atoms with Crippen LogP contribution in [0.1, 0.15) is 17.3 Å². The van der Waals surface area contributed by atoms with Gasteiger partial charge in [0.05, 0.1) is 31.6 Å². The number of methoxy groups -OCH3 is 1. The number of ether oxygens (including phenoxy) is 1. The summed E-state index contributed by atoms with van der Waals surface area (Å²) in [4.78, 5) is 6.42. The number of para-hydroxylation sites is 2. The molecule has 0 bridgehead atoms. The van der Waals surface area contributed by atoms with E-state index in [9.17, 15) is 0 Å². The molecule has 21 heavy (non-hydrogen) atoms. The van der Waals surface area contributed by atoms with Crippen LogP contribution in [-0.4, -0.2) is 29.4 Å². The second kappa shape index (κ2) is 5.12. The highest BCUT2D eigenvalue weighted by Gasteiger charge is 2.32. The van der Waals surface area contributed by atoms with Crippen molar-refractivity contribution in [2.24, 2.45) is 17.8 Å². The molecule has 0 radical (unpaired) electrons. The summed E-state index contributed by atoms with van der Waals surface area (Å²) in [5.74, 6) is 1.29. The zero-order valence-electron chi connectivity index (χ0n) is 12.4. The Labute approximate surface area is 123 Å². The summed E-state index contributed by atoms with van der Waals surface area (Å²) in [6.45, 7) is 2.67. The number of aliphatic imine (C=N–C) groups is 1. The molecule has 0 saturated carbocycles. The summed E-state index contributed by atoms with van der Waals surface area (Å²) >= 11 is 0. The molecule has 0 fully saturated rings. The molecule has 2 N–H and O–H groups in total. The summed E-state index contributed by atoms with van der Waals surface area (Å²) < 4.78 is 7.32. The Hall–Kier alpha value is -2.50. The molecule has 2 aromatic rings. The van der Waals surface area contributed by atoms with Crippen molar-refractivity contribution in [3.63, 3.8) is 0 Å². The van der Waals surface area contributed by atoms with Crippen LogP contribution in [0, 0.1) is 6.92 Å². The van der Waals surface area contributed by atoms with Crippen molar-refractivity contribution in [1.29, 1.82) is 0 Å². The Bertz CT molecular complexity index is 691. The van der Waals surface area contributed by atoms with E-state index in [1.165, 1.54) is 0 Å². The van der Waals surface area contributed by atoms with Crippen LogP contribution in [0.5, 0.6) is 5.75 Å². The first-order valence-electron chi connectivity index (χ1n) is 6.84. The monoisotopic (exact) mass is 285 g/mol. The fourth-order valence-corrected chi connectivity index (χ4v) is 2.70. The summed E-state index contributed by atoms with van der Waals surface area (Å²) in [7, 11) is 3.60. The lowest BCUT2D eigenvalue weighted by Gasteiger charge is -2.27. The molecule has 6 nitrogen and oxygen atoms in total. The van der Waals surface area contributed by atoms with Gasteiger partial charge in [0, 0.05) is 18.3 Å². The summed E-state index contributed by atoms with van der Waals surface area (Å²) in [6, 6.07) is 7.88. The number of hydrogen-bond acceptors (Lipinski definition) is 5. The Morgan fingerprint density at radius 1 is 1.33 bits per heavy atom. The maximum Gasteiger partial charge on any atom is 0.196 e. The highest BCUT2D eigenvalue weighted by molar-refractivity contribution is 5.98. The number of benzene rings is 1. The molecular formula is C15H19N5O. The normalized spacial score (nSPS) is 18.0. The van der Waals surface area contributed by atoms with Crippen LogP contribution in [0.25, 0.3) is 0 Å². The van der Waals surface area contributed by atoms with Crippen LogP contribution in [0.15, 0.2) is 35.5 Å². The zero-order valence-corrected chi connectivity index (χ0v) is 12.4. The largest absolute Gasteiger partial charge is 0.495 e. The summed E-state index contributed by atoms with van der Waals surface area (Å²) in [6.07, 6.45) is 1.89. The van der Waals surface area contributed by atoms with Gasteiger partial charge in [-0.1, -0.05) is 12.1 Å². The number of nitrogens with two attached hydrogens (primary N) is 1. The van der Waals surface area contributed by atoms with Crippen LogP contribution in [0.4, 0.5) is 5.69 Å². The average Bonchev–Trinajstić information content (AvgIpc) is 3.03. The predicted octanol–water partition coefficient (Wildman–Crippen LogP) is 1.61. The molecule has 0 amide bonds. The SMILES string of the molecule is COc1ccccc1N1C(N)=NCC1c1cnn(C)c1C. The standard InChI is InChI=1S/C15H19N5O/c1-10-11(8-18-19(10)2)13-9-17-15(16)20(13)12-6-4-5-7-14(12)21-3/h4-8,13H,9H2,1-3H3,(H2,16,17). The molecule has 110 valence electrons. The first-order chi connectivity index (χ1) is 10.1. The van der Waals surface area contributed by atoms with Crippen LogP contribution in [-0.2, 0) is 7.05 Å². The van der Waals surface area contributed by atoms with Gasteiger partial charge in [-0.25, -0.2) is 0 Å². The lowest BCUT2D eigenvalue weighted by atomic mass is 10.1. The van der Waals surface area contributed by atoms with Crippen LogP contribution >= 0.6 is 0 Å². The molecule has 0 spiro atoms.